The molecule has 0 aliphatic carbocycles. The van der Waals surface area contributed by atoms with Crippen LogP contribution in [0.2, 0.25) is 0 Å². The third-order valence-electron chi connectivity index (χ3n) is 2.51. The molecule has 1 rings (SSSR count). The van der Waals surface area contributed by atoms with E-state index in [1.54, 1.807) is 7.11 Å². The molecule has 0 bridgehead atoms. The van der Waals surface area contributed by atoms with E-state index in [0.29, 0.717) is 25.6 Å². The van der Waals surface area contributed by atoms with Gasteiger partial charge in [-0.2, -0.15) is 0 Å². The first kappa shape index (κ1) is 11.5. The molecule has 0 aromatic carbocycles. The van der Waals surface area contributed by atoms with Crippen LogP contribution >= 0.6 is 0 Å². The van der Waals surface area contributed by atoms with Gasteiger partial charge in [0.2, 0.25) is 5.91 Å². The van der Waals surface area contributed by atoms with E-state index in [2.05, 4.69) is 10.6 Å². The summed E-state index contributed by atoms with van der Waals surface area (Å²) in [5.41, 5.74) is 0. The molecule has 1 atom stereocenters. The lowest BCUT2D eigenvalue weighted by Crippen LogP contribution is -2.29. The van der Waals surface area contributed by atoms with E-state index in [4.69, 9.17) is 4.74 Å². The van der Waals surface area contributed by atoms with Crippen LogP contribution < -0.4 is 10.6 Å². The van der Waals surface area contributed by atoms with Gasteiger partial charge >= 0.3 is 0 Å². The first-order valence-corrected chi connectivity index (χ1v) is 5.32. The minimum Gasteiger partial charge on any atom is -0.383 e. The molecule has 1 amide bonds. The lowest BCUT2D eigenvalue weighted by molar-refractivity contribution is -0.121. The predicted molar refractivity (Wildman–Crippen MR) is 55.1 cm³/mol. The molecule has 0 saturated carbocycles. The van der Waals surface area contributed by atoms with Crippen LogP contribution in [0.1, 0.15) is 25.7 Å². The number of hydrogen-bond acceptors (Lipinski definition) is 3. The maximum Gasteiger partial charge on any atom is 0.220 e. The highest BCUT2D eigenvalue weighted by Gasteiger charge is 2.14. The van der Waals surface area contributed by atoms with Gasteiger partial charge in [-0.15, -0.1) is 0 Å². The standard InChI is InChI=1S/C10H20N2O2/c1-14-8-7-12-10(13)5-4-9-3-2-6-11-9/h9,11H,2-8H2,1H3,(H,12,13). The zero-order chi connectivity index (χ0) is 10.2. The summed E-state index contributed by atoms with van der Waals surface area (Å²) in [5, 5.41) is 6.19. The van der Waals surface area contributed by atoms with E-state index in [1.165, 1.54) is 12.8 Å². The van der Waals surface area contributed by atoms with Gasteiger partial charge in [0.1, 0.15) is 0 Å². The fourth-order valence-corrected chi connectivity index (χ4v) is 1.69. The molecule has 1 saturated heterocycles. The Hall–Kier alpha value is -0.610. The van der Waals surface area contributed by atoms with Crippen LogP contribution in [0.3, 0.4) is 0 Å². The number of hydrogen-bond donors (Lipinski definition) is 2. The number of methoxy groups -OCH3 is 1. The third-order valence-corrected chi connectivity index (χ3v) is 2.51. The van der Waals surface area contributed by atoms with Crippen molar-refractivity contribution in [1.29, 1.82) is 0 Å². The summed E-state index contributed by atoms with van der Waals surface area (Å²) in [6, 6.07) is 0.558. The van der Waals surface area contributed by atoms with Gasteiger partial charge in [-0.1, -0.05) is 0 Å². The van der Waals surface area contributed by atoms with Crippen molar-refractivity contribution in [1.82, 2.24) is 10.6 Å². The third kappa shape index (κ3) is 4.58. The first-order valence-electron chi connectivity index (χ1n) is 5.32. The van der Waals surface area contributed by atoms with Crippen molar-refractivity contribution in [3.05, 3.63) is 0 Å². The monoisotopic (exact) mass is 200 g/mol. The molecule has 0 aromatic heterocycles. The van der Waals surface area contributed by atoms with Crippen molar-refractivity contribution < 1.29 is 9.53 Å². The average Bonchev–Trinajstić information content (AvgIpc) is 2.68. The number of nitrogens with one attached hydrogen (secondary N) is 2. The van der Waals surface area contributed by atoms with Crippen molar-refractivity contribution in [2.45, 2.75) is 31.7 Å². The Bertz CT molecular complexity index is 168. The molecule has 0 aromatic rings. The summed E-state index contributed by atoms with van der Waals surface area (Å²) in [6.45, 7) is 2.32. The normalized spacial score (nSPS) is 21.1. The van der Waals surface area contributed by atoms with Gasteiger partial charge in [-0.25, -0.2) is 0 Å². The molecule has 0 spiro atoms. The highest BCUT2D eigenvalue weighted by molar-refractivity contribution is 5.75. The zero-order valence-electron chi connectivity index (χ0n) is 8.84. The maximum atomic E-state index is 11.3. The average molecular weight is 200 g/mol. The number of ether oxygens (including phenoxy) is 1. The molecule has 1 unspecified atom stereocenters. The van der Waals surface area contributed by atoms with E-state index in [9.17, 15) is 4.79 Å². The van der Waals surface area contributed by atoms with Gasteiger partial charge in [-0.05, 0) is 25.8 Å². The Kier molecular flexibility index (Phi) is 5.56. The molecule has 4 heteroatoms. The zero-order valence-corrected chi connectivity index (χ0v) is 8.84. The minimum absolute atomic E-state index is 0.135. The Labute approximate surface area is 85.4 Å². The van der Waals surface area contributed by atoms with Crippen molar-refractivity contribution in [3.63, 3.8) is 0 Å². The van der Waals surface area contributed by atoms with Crippen LogP contribution in [0.4, 0.5) is 0 Å². The van der Waals surface area contributed by atoms with Crippen LogP contribution in [0.5, 0.6) is 0 Å². The van der Waals surface area contributed by atoms with Crippen molar-refractivity contribution in [3.8, 4) is 0 Å². The van der Waals surface area contributed by atoms with Gasteiger partial charge in [0.05, 0.1) is 6.61 Å². The van der Waals surface area contributed by atoms with Crippen molar-refractivity contribution in [2.24, 2.45) is 0 Å². The van der Waals surface area contributed by atoms with E-state index in [0.717, 1.165) is 13.0 Å². The number of carbonyl (C=O) groups is 1. The molecule has 0 radical (unpaired) electrons. The fraction of sp³-hybridized carbons (Fsp3) is 0.900. The van der Waals surface area contributed by atoms with E-state index >= 15 is 0 Å². The van der Waals surface area contributed by atoms with Gasteiger partial charge in [0, 0.05) is 26.1 Å². The summed E-state index contributed by atoms with van der Waals surface area (Å²) in [4.78, 5) is 11.3. The molecule has 14 heavy (non-hydrogen) atoms. The van der Waals surface area contributed by atoms with Gasteiger partial charge in [0.15, 0.2) is 0 Å². The molecular formula is C10H20N2O2. The molecule has 1 aliphatic rings. The van der Waals surface area contributed by atoms with Crippen LogP contribution in [0, 0.1) is 0 Å². The second-order valence-corrected chi connectivity index (χ2v) is 3.67. The highest BCUT2D eigenvalue weighted by atomic mass is 16.5. The second-order valence-electron chi connectivity index (χ2n) is 3.67. The Morgan fingerprint density at radius 2 is 2.50 bits per heavy atom. The molecular weight excluding hydrogens is 180 g/mol. The molecule has 82 valence electrons. The summed E-state index contributed by atoms with van der Waals surface area (Å²) in [5.74, 6) is 0.135. The minimum atomic E-state index is 0.135. The summed E-state index contributed by atoms with van der Waals surface area (Å²) in [6.07, 6.45) is 4.04. The second kappa shape index (κ2) is 6.79. The van der Waals surface area contributed by atoms with Gasteiger partial charge < -0.3 is 15.4 Å². The van der Waals surface area contributed by atoms with Gasteiger partial charge in [-0.3, -0.25) is 4.79 Å². The smallest absolute Gasteiger partial charge is 0.220 e. The van der Waals surface area contributed by atoms with Crippen molar-refractivity contribution >= 4 is 5.91 Å². The van der Waals surface area contributed by atoms with Crippen LogP contribution in [0.15, 0.2) is 0 Å². The van der Waals surface area contributed by atoms with Crippen LogP contribution in [0.25, 0.3) is 0 Å². The topological polar surface area (TPSA) is 50.4 Å². The SMILES string of the molecule is COCCNC(=O)CCC1CCCN1. The molecule has 1 fully saturated rings. The van der Waals surface area contributed by atoms with Crippen molar-refractivity contribution in [2.75, 3.05) is 26.8 Å². The van der Waals surface area contributed by atoms with E-state index in [-0.39, 0.29) is 5.91 Å². The molecule has 1 aliphatic heterocycles. The molecule has 2 N–H and O–H groups in total. The van der Waals surface area contributed by atoms with E-state index < -0.39 is 0 Å². The Balaban J connectivity index is 1.96. The van der Waals surface area contributed by atoms with Crippen LogP contribution in [-0.4, -0.2) is 38.8 Å². The highest BCUT2D eigenvalue weighted by Crippen LogP contribution is 2.10. The number of carbonyl (C=O) groups excluding carboxylic acids is 1. The Morgan fingerprint density at radius 1 is 1.64 bits per heavy atom. The number of amides is 1. The lowest BCUT2D eigenvalue weighted by Gasteiger charge is -2.09. The first-order chi connectivity index (χ1) is 6.83. The maximum absolute atomic E-state index is 11.3. The summed E-state index contributed by atoms with van der Waals surface area (Å²) >= 11 is 0. The van der Waals surface area contributed by atoms with Crippen LogP contribution in [-0.2, 0) is 9.53 Å². The molecule has 1 heterocycles. The summed E-state index contributed by atoms with van der Waals surface area (Å²) in [7, 11) is 1.63. The predicted octanol–water partition coefficient (Wildman–Crippen LogP) is 0.281. The quantitative estimate of drug-likeness (QED) is 0.606. The summed E-state index contributed by atoms with van der Waals surface area (Å²) < 4.78 is 4.84. The fourth-order valence-electron chi connectivity index (χ4n) is 1.69. The Morgan fingerprint density at radius 3 is 3.14 bits per heavy atom. The van der Waals surface area contributed by atoms with E-state index in [1.807, 2.05) is 0 Å². The largest absolute Gasteiger partial charge is 0.383 e. The van der Waals surface area contributed by atoms with Gasteiger partial charge in [0.25, 0.3) is 0 Å². The molecule has 4 nitrogen and oxygen atoms in total. The number of rotatable bonds is 6. The lowest BCUT2D eigenvalue weighted by atomic mass is 10.1.